The second-order valence-corrected chi connectivity index (χ2v) is 10.1. The highest BCUT2D eigenvalue weighted by molar-refractivity contribution is 6.39. The van der Waals surface area contributed by atoms with Crippen molar-refractivity contribution in [3.05, 3.63) is 17.8 Å². The van der Waals surface area contributed by atoms with Crippen LogP contribution in [0, 0.1) is 12.8 Å². The fraction of sp³-hybridized carbons (Fsp3) is 0.667. The van der Waals surface area contributed by atoms with Gasteiger partial charge < -0.3 is 20.1 Å². The fourth-order valence-electron chi connectivity index (χ4n) is 4.68. The van der Waals surface area contributed by atoms with Crippen LogP contribution in [0.5, 0.6) is 0 Å². The third-order valence-corrected chi connectivity index (χ3v) is 6.25. The van der Waals surface area contributed by atoms with E-state index in [9.17, 15) is 19.5 Å². The number of carbonyl (C=O) groups excluding carboxylic acids is 3. The number of aliphatic hydroxyl groups is 1. The molecule has 0 bridgehead atoms. The summed E-state index contributed by atoms with van der Waals surface area (Å²) in [6, 6.07) is 1.70. The van der Waals surface area contributed by atoms with E-state index >= 15 is 0 Å². The normalized spacial score (nSPS) is 23.5. The molecule has 0 unspecified atom stereocenters. The number of aromatic nitrogens is 1. The maximum atomic E-state index is 13.0. The number of piperidine rings is 1. The monoisotopic (exact) mass is 460 g/mol. The number of likely N-dealkylation sites (tertiary alicyclic amines) is 1. The minimum absolute atomic E-state index is 0.0461. The lowest BCUT2D eigenvalue weighted by molar-refractivity contribution is -0.147. The zero-order valence-electron chi connectivity index (χ0n) is 20.0. The van der Waals surface area contributed by atoms with Gasteiger partial charge in [-0.05, 0) is 90.2 Å². The van der Waals surface area contributed by atoms with Gasteiger partial charge in [0.15, 0.2) is 0 Å². The van der Waals surface area contributed by atoms with Crippen molar-refractivity contribution in [3.63, 3.8) is 0 Å². The van der Waals surface area contributed by atoms with E-state index < -0.39 is 23.5 Å². The molecule has 2 aliphatic rings. The van der Waals surface area contributed by atoms with Gasteiger partial charge >= 0.3 is 17.9 Å². The van der Waals surface area contributed by atoms with Crippen LogP contribution >= 0.6 is 0 Å². The molecular formula is C24H36N4O5. The summed E-state index contributed by atoms with van der Waals surface area (Å²) in [6.07, 6.45) is 6.64. The molecule has 182 valence electrons. The van der Waals surface area contributed by atoms with Crippen molar-refractivity contribution in [2.45, 2.75) is 90.4 Å². The first-order valence-electron chi connectivity index (χ1n) is 11.8. The topological polar surface area (TPSA) is 121 Å². The molecule has 0 spiro atoms. The van der Waals surface area contributed by atoms with E-state index in [1.807, 2.05) is 0 Å². The van der Waals surface area contributed by atoms with Gasteiger partial charge in [0.2, 0.25) is 0 Å². The third kappa shape index (κ3) is 6.90. The molecular weight excluding hydrogens is 424 g/mol. The number of aryl methyl sites for hydroxylation is 1. The van der Waals surface area contributed by atoms with Gasteiger partial charge in [0, 0.05) is 12.6 Å². The molecule has 9 nitrogen and oxygen atoms in total. The minimum atomic E-state index is -0.688. The number of amides is 3. The van der Waals surface area contributed by atoms with Crippen LogP contribution in [0.25, 0.3) is 0 Å². The number of hydrogen-bond donors (Lipinski definition) is 3. The van der Waals surface area contributed by atoms with Crippen LogP contribution in [0.2, 0.25) is 0 Å². The Morgan fingerprint density at radius 2 is 1.79 bits per heavy atom. The Bertz CT molecular complexity index is 874. The van der Waals surface area contributed by atoms with E-state index in [0.29, 0.717) is 29.5 Å². The summed E-state index contributed by atoms with van der Waals surface area (Å²) in [7, 11) is 0. The van der Waals surface area contributed by atoms with Gasteiger partial charge in [0.25, 0.3) is 0 Å². The molecule has 1 atom stereocenters. The van der Waals surface area contributed by atoms with Gasteiger partial charge in [0.1, 0.15) is 11.4 Å². The molecule has 1 saturated heterocycles. The lowest BCUT2D eigenvalue weighted by atomic mass is 9.79. The summed E-state index contributed by atoms with van der Waals surface area (Å²) in [6.45, 7) is 7.63. The number of aliphatic hydroxyl groups excluding tert-OH is 1. The van der Waals surface area contributed by atoms with Crippen LogP contribution in [0.15, 0.2) is 12.3 Å². The third-order valence-electron chi connectivity index (χ3n) is 6.25. The van der Waals surface area contributed by atoms with Crippen molar-refractivity contribution < 1.29 is 24.2 Å². The zero-order chi connectivity index (χ0) is 24.2. The van der Waals surface area contributed by atoms with Gasteiger partial charge in [0.05, 0.1) is 18.0 Å². The quantitative estimate of drug-likeness (QED) is 0.593. The van der Waals surface area contributed by atoms with Gasteiger partial charge in [-0.25, -0.2) is 9.78 Å². The molecule has 9 heteroatoms. The summed E-state index contributed by atoms with van der Waals surface area (Å²) < 4.78 is 5.23. The first-order valence-corrected chi connectivity index (χ1v) is 11.8. The van der Waals surface area contributed by atoms with E-state index in [4.69, 9.17) is 4.74 Å². The summed E-state index contributed by atoms with van der Waals surface area (Å²) in [4.78, 5) is 43.7. The number of rotatable bonds is 3. The second kappa shape index (κ2) is 10.5. The Balaban J connectivity index is 1.62. The zero-order valence-corrected chi connectivity index (χ0v) is 20.0. The number of pyridine rings is 1. The highest BCUT2D eigenvalue weighted by Crippen LogP contribution is 2.34. The van der Waals surface area contributed by atoms with Crippen molar-refractivity contribution in [2.24, 2.45) is 5.92 Å². The van der Waals surface area contributed by atoms with Crippen molar-refractivity contribution in [2.75, 3.05) is 17.2 Å². The van der Waals surface area contributed by atoms with Crippen molar-refractivity contribution in [3.8, 4) is 0 Å². The Morgan fingerprint density at radius 1 is 1.09 bits per heavy atom. The van der Waals surface area contributed by atoms with E-state index in [-0.39, 0.29) is 12.1 Å². The molecule has 1 aromatic rings. The molecule has 1 aliphatic carbocycles. The molecule has 2 fully saturated rings. The maximum Gasteiger partial charge on any atom is 0.413 e. The average molecular weight is 461 g/mol. The minimum Gasteiger partial charge on any atom is -0.444 e. The Labute approximate surface area is 195 Å². The van der Waals surface area contributed by atoms with Crippen LogP contribution in [0.4, 0.5) is 16.3 Å². The molecule has 3 N–H and O–H groups in total. The van der Waals surface area contributed by atoms with E-state index in [1.54, 1.807) is 38.7 Å². The second-order valence-electron chi connectivity index (χ2n) is 10.1. The molecule has 1 saturated carbocycles. The highest BCUT2D eigenvalue weighted by Gasteiger charge is 2.37. The number of nitrogens with zero attached hydrogens (tertiary/aromatic N) is 2. The number of ether oxygens (including phenoxy) is 1. The van der Waals surface area contributed by atoms with Crippen LogP contribution in [0.1, 0.15) is 71.3 Å². The number of carbonyl (C=O) groups is 3. The lowest BCUT2D eigenvalue weighted by Gasteiger charge is -2.42. The molecule has 0 radical (unpaired) electrons. The van der Waals surface area contributed by atoms with Gasteiger partial charge in [-0.1, -0.05) is 0 Å². The molecule has 33 heavy (non-hydrogen) atoms. The van der Waals surface area contributed by atoms with E-state index in [1.165, 1.54) is 6.20 Å². The molecule has 1 aliphatic heterocycles. The van der Waals surface area contributed by atoms with Crippen LogP contribution in [0.3, 0.4) is 0 Å². The molecule has 3 rings (SSSR count). The van der Waals surface area contributed by atoms with Gasteiger partial charge in [-0.15, -0.1) is 0 Å². The fourth-order valence-corrected chi connectivity index (χ4v) is 4.68. The number of hydrogen-bond acceptors (Lipinski definition) is 6. The molecule has 0 aromatic carbocycles. The highest BCUT2D eigenvalue weighted by atomic mass is 16.6. The first kappa shape index (κ1) is 25.0. The van der Waals surface area contributed by atoms with Crippen molar-refractivity contribution in [1.82, 2.24) is 9.88 Å². The summed E-state index contributed by atoms with van der Waals surface area (Å²) in [5.41, 5.74) is 0.383. The van der Waals surface area contributed by atoms with Crippen LogP contribution < -0.4 is 10.6 Å². The van der Waals surface area contributed by atoms with Crippen LogP contribution in [-0.2, 0) is 14.3 Å². The van der Waals surface area contributed by atoms with Crippen molar-refractivity contribution >= 4 is 29.4 Å². The van der Waals surface area contributed by atoms with Crippen LogP contribution in [-0.4, -0.2) is 57.2 Å². The number of anilines is 2. The lowest BCUT2D eigenvalue weighted by Crippen LogP contribution is -2.52. The predicted molar refractivity (Wildman–Crippen MR) is 125 cm³/mol. The average Bonchev–Trinajstić information content (AvgIpc) is 2.74. The number of nitrogens with one attached hydrogen (secondary N) is 2. The first-order chi connectivity index (χ1) is 15.5. The Hall–Kier alpha value is -2.68. The molecule has 1 aromatic heterocycles. The maximum absolute atomic E-state index is 13.0. The van der Waals surface area contributed by atoms with Gasteiger partial charge in [-0.3, -0.25) is 14.9 Å². The summed E-state index contributed by atoms with van der Waals surface area (Å²) in [5, 5.41) is 15.1. The van der Waals surface area contributed by atoms with E-state index in [0.717, 1.165) is 44.9 Å². The summed E-state index contributed by atoms with van der Waals surface area (Å²) in [5.74, 6) is -0.567. The standard InChI is InChI=1S/C24H36N4O5/c1-15-13-17(14-25-20(15)27-23(32)33-24(2,3)4)26-21(30)22(31)28-12-6-5-7-19(28)16-8-10-18(29)11-9-16/h13-14,16,18-19,29H,5-12H2,1-4H3,(H,26,30)(H,25,27,32)/t16-,18+,19-/m1/s1. The Morgan fingerprint density at radius 3 is 2.42 bits per heavy atom. The van der Waals surface area contributed by atoms with Gasteiger partial charge in [-0.2, -0.15) is 0 Å². The largest absolute Gasteiger partial charge is 0.444 e. The Kier molecular flexibility index (Phi) is 7.94. The predicted octanol–water partition coefficient (Wildman–Crippen LogP) is 3.61. The van der Waals surface area contributed by atoms with E-state index in [2.05, 4.69) is 15.6 Å². The SMILES string of the molecule is Cc1cc(NC(=O)C(=O)N2CCCC[C@@H]2[C@H]2CC[C@@H](O)CC2)cnc1NC(=O)OC(C)(C)C. The smallest absolute Gasteiger partial charge is 0.413 e. The van der Waals surface area contributed by atoms with Crippen molar-refractivity contribution in [1.29, 1.82) is 0 Å². The summed E-state index contributed by atoms with van der Waals surface area (Å²) >= 11 is 0. The molecule has 3 amide bonds. The molecule has 2 heterocycles.